The lowest BCUT2D eigenvalue weighted by molar-refractivity contribution is -0.00358. The highest BCUT2D eigenvalue weighted by Gasteiger charge is 2.27. The van der Waals surface area contributed by atoms with E-state index in [0.717, 1.165) is 38.3 Å². The first-order valence-electron chi connectivity index (χ1n) is 10.3. The van der Waals surface area contributed by atoms with Gasteiger partial charge < -0.3 is 14.4 Å². The van der Waals surface area contributed by atoms with Gasteiger partial charge in [0.05, 0.1) is 19.8 Å². The third kappa shape index (κ3) is 4.36. The molecule has 1 aliphatic carbocycles. The number of aryl methyl sites for hydroxylation is 2. The van der Waals surface area contributed by atoms with Crippen LogP contribution in [0.5, 0.6) is 5.75 Å². The summed E-state index contributed by atoms with van der Waals surface area (Å²) in [7, 11) is 1.76. The van der Waals surface area contributed by atoms with E-state index < -0.39 is 0 Å². The lowest BCUT2D eigenvalue weighted by Gasteiger charge is -2.33. The zero-order chi connectivity index (χ0) is 18.6. The largest absolute Gasteiger partial charge is 0.497 e. The van der Waals surface area contributed by atoms with Gasteiger partial charge in [-0.1, -0.05) is 30.3 Å². The molecular formula is C24H31NO2. The zero-order valence-corrected chi connectivity index (χ0v) is 16.6. The second-order valence-corrected chi connectivity index (χ2v) is 8.04. The highest BCUT2D eigenvalue weighted by Crippen LogP contribution is 2.36. The number of methoxy groups -OCH3 is 1. The van der Waals surface area contributed by atoms with Gasteiger partial charge in [-0.15, -0.1) is 0 Å². The summed E-state index contributed by atoms with van der Waals surface area (Å²) in [5.74, 6) is 1.64. The summed E-state index contributed by atoms with van der Waals surface area (Å²) in [4.78, 5) is 2.63. The molecule has 0 amide bonds. The zero-order valence-electron chi connectivity index (χ0n) is 16.6. The Morgan fingerprint density at radius 1 is 1.04 bits per heavy atom. The number of hydrogen-bond acceptors (Lipinski definition) is 3. The van der Waals surface area contributed by atoms with Crippen molar-refractivity contribution in [3.05, 3.63) is 64.7 Å². The van der Waals surface area contributed by atoms with E-state index in [1.807, 2.05) is 0 Å². The van der Waals surface area contributed by atoms with Gasteiger partial charge in [0, 0.05) is 19.6 Å². The number of hydrogen-bond donors (Lipinski definition) is 0. The average molecular weight is 366 g/mol. The monoisotopic (exact) mass is 365 g/mol. The van der Waals surface area contributed by atoms with Crippen molar-refractivity contribution < 1.29 is 9.47 Å². The molecule has 0 N–H and O–H groups in total. The number of benzene rings is 2. The Hall–Kier alpha value is -1.84. The van der Waals surface area contributed by atoms with Crippen molar-refractivity contribution in [3.8, 4) is 5.75 Å². The van der Waals surface area contributed by atoms with Gasteiger partial charge in [-0.3, -0.25) is 0 Å². The van der Waals surface area contributed by atoms with Crippen LogP contribution in [0.1, 0.15) is 47.4 Å². The van der Waals surface area contributed by atoms with Crippen molar-refractivity contribution in [1.82, 2.24) is 4.90 Å². The summed E-state index contributed by atoms with van der Waals surface area (Å²) in [6.07, 6.45) is 5.16. The van der Waals surface area contributed by atoms with Crippen LogP contribution in [-0.4, -0.2) is 37.7 Å². The van der Waals surface area contributed by atoms with E-state index in [2.05, 4.69) is 54.3 Å². The molecule has 0 radical (unpaired) electrons. The normalized spacial score (nSPS) is 20.6. The summed E-state index contributed by atoms with van der Waals surface area (Å²) >= 11 is 0. The number of fused-ring (bicyclic) bond motifs is 1. The average Bonchev–Trinajstić information content (AvgIpc) is 3.10. The highest BCUT2D eigenvalue weighted by atomic mass is 16.5. The fourth-order valence-corrected chi connectivity index (χ4v) is 4.53. The van der Waals surface area contributed by atoms with Gasteiger partial charge in [-0.25, -0.2) is 0 Å². The Balaban J connectivity index is 1.27. The van der Waals surface area contributed by atoms with Gasteiger partial charge in [-0.05, 0) is 72.9 Å². The maximum absolute atomic E-state index is 6.21. The summed E-state index contributed by atoms with van der Waals surface area (Å²) in [5.41, 5.74) is 5.66. The third-order valence-electron chi connectivity index (χ3n) is 6.30. The fourth-order valence-electron chi connectivity index (χ4n) is 4.53. The van der Waals surface area contributed by atoms with E-state index in [1.165, 1.54) is 41.6 Å². The van der Waals surface area contributed by atoms with Crippen molar-refractivity contribution in [3.63, 3.8) is 0 Å². The molecule has 1 atom stereocenters. The van der Waals surface area contributed by atoms with Gasteiger partial charge in [0.1, 0.15) is 5.75 Å². The third-order valence-corrected chi connectivity index (χ3v) is 6.30. The predicted octanol–water partition coefficient (Wildman–Crippen LogP) is 4.71. The summed E-state index contributed by atoms with van der Waals surface area (Å²) in [5, 5.41) is 0. The van der Waals surface area contributed by atoms with Crippen LogP contribution in [0.15, 0.2) is 42.5 Å². The Kier molecular flexibility index (Phi) is 5.80. The lowest BCUT2D eigenvalue weighted by atomic mass is 9.98. The van der Waals surface area contributed by atoms with Crippen LogP contribution in [0.3, 0.4) is 0 Å². The summed E-state index contributed by atoms with van der Waals surface area (Å²) in [6, 6.07) is 15.1. The SMILES string of the molecule is COc1ccc2c(c1)C(CN1CCC(OCc3ccccc3C)CC1)CC2. The number of rotatable bonds is 6. The van der Waals surface area contributed by atoms with Gasteiger partial charge in [-0.2, -0.15) is 0 Å². The second-order valence-electron chi connectivity index (χ2n) is 8.04. The Morgan fingerprint density at radius 2 is 1.85 bits per heavy atom. The van der Waals surface area contributed by atoms with Crippen molar-refractivity contribution >= 4 is 0 Å². The van der Waals surface area contributed by atoms with E-state index in [1.54, 1.807) is 7.11 Å². The molecule has 2 aromatic rings. The van der Waals surface area contributed by atoms with Crippen LogP contribution in [-0.2, 0) is 17.8 Å². The smallest absolute Gasteiger partial charge is 0.119 e. The van der Waals surface area contributed by atoms with Crippen LogP contribution in [0.25, 0.3) is 0 Å². The number of likely N-dealkylation sites (tertiary alicyclic amines) is 1. The molecule has 0 aromatic heterocycles. The predicted molar refractivity (Wildman–Crippen MR) is 109 cm³/mol. The van der Waals surface area contributed by atoms with E-state index >= 15 is 0 Å². The van der Waals surface area contributed by atoms with Crippen LogP contribution >= 0.6 is 0 Å². The summed E-state index contributed by atoms with van der Waals surface area (Å²) in [6.45, 7) is 6.37. The van der Waals surface area contributed by atoms with Gasteiger partial charge in [0.15, 0.2) is 0 Å². The molecule has 1 unspecified atom stereocenters. The molecule has 1 heterocycles. The van der Waals surface area contributed by atoms with Crippen LogP contribution in [0, 0.1) is 6.92 Å². The first-order valence-corrected chi connectivity index (χ1v) is 10.3. The fraction of sp³-hybridized carbons (Fsp3) is 0.500. The Morgan fingerprint density at radius 3 is 2.63 bits per heavy atom. The molecule has 144 valence electrons. The minimum absolute atomic E-state index is 0.400. The van der Waals surface area contributed by atoms with E-state index in [0.29, 0.717) is 12.0 Å². The van der Waals surface area contributed by atoms with E-state index in [4.69, 9.17) is 9.47 Å². The topological polar surface area (TPSA) is 21.7 Å². The van der Waals surface area contributed by atoms with Gasteiger partial charge in [0.25, 0.3) is 0 Å². The minimum atomic E-state index is 0.400. The molecule has 0 saturated carbocycles. The van der Waals surface area contributed by atoms with Crippen LogP contribution in [0.4, 0.5) is 0 Å². The number of piperidine rings is 1. The van der Waals surface area contributed by atoms with Crippen molar-refractivity contribution in [2.45, 2.75) is 51.2 Å². The van der Waals surface area contributed by atoms with E-state index in [-0.39, 0.29) is 0 Å². The Bertz CT molecular complexity index is 765. The molecule has 0 bridgehead atoms. The first kappa shape index (κ1) is 18.5. The minimum Gasteiger partial charge on any atom is -0.497 e. The number of nitrogens with zero attached hydrogens (tertiary/aromatic N) is 1. The lowest BCUT2D eigenvalue weighted by Crippen LogP contribution is -2.39. The molecule has 3 nitrogen and oxygen atoms in total. The molecule has 2 aromatic carbocycles. The van der Waals surface area contributed by atoms with Gasteiger partial charge in [0.2, 0.25) is 0 Å². The second kappa shape index (κ2) is 8.45. The van der Waals surface area contributed by atoms with Crippen molar-refractivity contribution in [2.75, 3.05) is 26.7 Å². The van der Waals surface area contributed by atoms with Crippen molar-refractivity contribution in [1.29, 1.82) is 0 Å². The highest BCUT2D eigenvalue weighted by molar-refractivity contribution is 5.41. The maximum atomic E-state index is 6.21. The molecular weight excluding hydrogens is 334 g/mol. The quantitative estimate of drug-likeness (QED) is 0.740. The Labute approximate surface area is 163 Å². The molecule has 4 rings (SSSR count). The van der Waals surface area contributed by atoms with Gasteiger partial charge >= 0.3 is 0 Å². The molecule has 1 saturated heterocycles. The standard InChI is InChI=1S/C24H31NO2/c1-18-5-3-4-6-21(18)17-27-22-11-13-25(14-12-22)16-20-8-7-19-9-10-23(26-2)15-24(19)20/h3-6,9-10,15,20,22H,7-8,11-14,16-17H2,1-2H3. The molecule has 2 aliphatic rings. The molecule has 1 fully saturated rings. The number of ether oxygens (including phenoxy) is 2. The molecule has 0 spiro atoms. The molecule has 27 heavy (non-hydrogen) atoms. The molecule has 3 heteroatoms. The van der Waals surface area contributed by atoms with E-state index in [9.17, 15) is 0 Å². The maximum Gasteiger partial charge on any atom is 0.119 e. The van der Waals surface area contributed by atoms with Crippen LogP contribution < -0.4 is 4.74 Å². The first-order chi connectivity index (χ1) is 13.2. The summed E-state index contributed by atoms with van der Waals surface area (Å²) < 4.78 is 11.6. The molecule has 1 aliphatic heterocycles. The van der Waals surface area contributed by atoms with Crippen molar-refractivity contribution in [2.24, 2.45) is 0 Å². The van der Waals surface area contributed by atoms with Crippen LogP contribution in [0.2, 0.25) is 0 Å².